The van der Waals surface area contributed by atoms with E-state index in [0.29, 0.717) is 10.9 Å². The number of benzene rings is 1. The van der Waals surface area contributed by atoms with Crippen molar-refractivity contribution in [3.63, 3.8) is 0 Å². The van der Waals surface area contributed by atoms with Crippen LogP contribution >= 0.6 is 0 Å². The molecule has 0 bridgehead atoms. The Kier molecular flexibility index (Phi) is 4.57. The normalized spacial score (nSPS) is 12.4. The Labute approximate surface area is 162 Å². The Morgan fingerprint density at radius 1 is 0.786 bits per heavy atom. The van der Waals surface area contributed by atoms with Crippen molar-refractivity contribution < 1.29 is 19.1 Å². The van der Waals surface area contributed by atoms with E-state index in [1.807, 2.05) is 0 Å². The molecule has 28 heavy (non-hydrogen) atoms. The van der Waals surface area contributed by atoms with Crippen LogP contribution in [0.4, 0.5) is 9.59 Å². The van der Waals surface area contributed by atoms with Crippen LogP contribution in [0.15, 0.2) is 41.5 Å². The van der Waals surface area contributed by atoms with Crippen molar-refractivity contribution in [2.24, 2.45) is 0 Å². The first-order valence-electron chi connectivity index (χ1n) is 8.99. The molecule has 2 heterocycles. The van der Waals surface area contributed by atoms with Gasteiger partial charge in [-0.15, -0.1) is 0 Å². The Balaban J connectivity index is 2.29. The molecule has 3 aromatic rings. The fourth-order valence-electron chi connectivity index (χ4n) is 2.86. The number of nitrogens with zero attached hydrogens (tertiary/aromatic N) is 2. The van der Waals surface area contributed by atoms with E-state index in [9.17, 15) is 14.4 Å². The molecule has 2 aromatic heterocycles. The van der Waals surface area contributed by atoms with Gasteiger partial charge in [-0.2, -0.15) is 0 Å². The Bertz CT molecular complexity index is 1140. The van der Waals surface area contributed by atoms with Gasteiger partial charge in [0, 0.05) is 17.8 Å². The predicted molar refractivity (Wildman–Crippen MR) is 107 cm³/mol. The van der Waals surface area contributed by atoms with Crippen LogP contribution in [0.5, 0.6) is 0 Å². The topological polar surface area (TPSA) is 79.5 Å². The van der Waals surface area contributed by atoms with Gasteiger partial charge in [-0.3, -0.25) is 9.36 Å². The molecule has 1 aromatic carbocycles. The maximum absolute atomic E-state index is 12.9. The number of carbonyl (C=O) groups is 2. The zero-order valence-corrected chi connectivity index (χ0v) is 16.9. The summed E-state index contributed by atoms with van der Waals surface area (Å²) >= 11 is 0. The molecule has 0 aliphatic carbocycles. The SMILES string of the molecule is CC(C)(C)OC(=O)n1cc2c(=O)c3ccccc3n(C(=O)OC(C)(C)C)c2c1. The van der Waals surface area contributed by atoms with Gasteiger partial charge in [0.2, 0.25) is 0 Å². The first kappa shape index (κ1) is 19.7. The molecule has 0 N–H and O–H groups in total. The monoisotopic (exact) mass is 384 g/mol. The third-order valence-electron chi connectivity index (χ3n) is 3.86. The number of rotatable bonds is 0. The molecular weight excluding hydrogens is 360 g/mol. The molecule has 0 radical (unpaired) electrons. The fourth-order valence-corrected chi connectivity index (χ4v) is 2.86. The van der Waals surface area contributed by atoms with Gasteiger partial charge in [0.25, 0.3) is 0 Å². The molecule has 0 aliphatic rings. The van der Waals surface area contributed by atoms with Crippen molar-refractivity contribution in [3.05, 3.63) is 46.9 Å². The van der Waals surface area contributed by atoms with Gasteiger partial charge in [0.15, 0.2) is 5.43 Å². The fraction of sp³-hybridized carbons (Fsp3) is 0.381. The van der Waals surface area contributed by atoms with E-state index in [0.717, 1.165) is 0 Å². The summed E-state index contributed by atoms with van der Waals surface area (Å²) in [6, 6.07) is 6.77. The van der Waals surface area contributed by atoms with Crippen LogP contribution in [0.25, 0.3) is 21.8 Å². The zero-order valence-electron chi connectivity index (χ0n) is 16.9. The van der Waals surface area contributed by atoms with Crippen LogP contribution < -0.4 is 5.43 Å². The van der Waals surface area contributed by atoms with Gasteiger partial charge in [-0.05, 0) is 53.7 Å². The predicted octanol–water partition coefficient (Wildman–Crippen LogP) is 4.52. The molecule has 7 nitrogen and oxygen atoms in total. The minimum atomic E-state index is -0.721. The Hall–Kier alpha value is -3.09. The summed E-state index contributed by atoms with van der Waals surface area (Å²) in [5.74, 6) is 0. The van der Waals surface area contributed by atoms with Crippen molar-refractivity contribution in [3.8, 4) is 0 Å². The number of carbonyl (C=O) groups excluding carboxylic acids is 2. The van der Waals surface area contributed by atoms with E-state index in [2.05, 4.69) is 0 Å². The summed E-state index contributed by atoms with van der Waals surface area (Å²) in [6.07, 6.45) is 1.54. The van der Waals surface area contributed by atoms with Crippen LogP contribution in [0.3, 0.4) is 0 Å². The quantitative estimate of drug-likeness (QED) is 0.569. The number of pyridine rings is 1. The van der Waals surface area contributed by atoms with Crippen LogP contribution in [-0.2, 0) is 9.47 Å². The molecule has 0 unspecified atom stereocenters. The van der Waals surface area contributed by atoms with Crippen molar-refractivity contribution >= 4 is 34.0 Å². The van der Waals surface area contributed by atoms with Crippen molar-refractivity contribution in [2.45, 2.75) is 52.7 Å². The van der Waals surface area contributed by atoms with E-state index < -0.39 is 23.4 Å². The molecule has 0 fully saturated rings. The number of hydrogen-bond acceptors (Lipinski definition) is 5. The van der Waals surface area contributed by atoms with E-state index in [4.69, 9.17) is 9.47 Å². The summed E-state index contributed by atoms with van der Waals surface area (Å²) in [7, 11) is 0. The number of para-hydroxylation sites is 1. The molecule has 0 atom stereocenters. The molecule has 0 saturated carbocycles. The van der Waals surface area contributed by atoms with E-state index >= 15 is 0 Å². The molecule has 7 heteroatoms. The highest BCUT2D eigenvalue weighted by Gasteiger charge is 2.24. The third kappa shape index (κ3) is 3.78. The molecule has 0 amide bonds. The molecule has 0 aliphatic heterocycles. The molecule has 148 valence electrons. The Morgan fingerprint density at radius 2 is 1.36 bits per heavy atom. The molecule has 0 saturated heterocycles. The smallest absolute Gasteiger partial charge is 0.419 e. The van der Waals surface area contributed by atoms with E-state index in [1.54, 1.807) is 65.8 Å². The van der Waals surface area contributed by atoms with E-state index in [1.165, 1.54) is 21.5 Å². The number of hydrogen-bond donors (Lipinski definition) is 0. The lowest BCUT2D eigenvalue weighted by Crippen LogP contribution is -2.28. The van der Waals surface area contributed by atoms with E-state index in [-0.39, 0.29) is 16.3 Å². The van der Waals surface area contributed by atoms with Gasteiger partial charge in [0.05, 0.1) is 16.4 Å². The lowest BCUT2D eigenvalue weighted by molar-refractivity contribution is 0.0526. The number of fused-ring (bicyclic) bond motifs is 2. The number of aromatic nitrogens is 2. The van der Waals surface area contributed by atoms with Crippen LogP contribution in [0.2, 0.25) is 0 Å². The van der Waals surface area contributed by atoms with Crippen LogP contribution in [-0.4, -0.2) is 32.5 Å². The summed E-state index contributed by atoms with van der Waals surface area (Å²) < 4.78 is 13.4. The molecule has 0 spiro atoms. The maximum atomic E-state index is 12.9. The summed E-state index contributed by atoms with van der Waals surface area (Å²) in [5, 5.41) is 0.596. The highest BCUT2D eigenvalue weighted by Crippen LogP contribution is 2.23. The first-order chi connectivity index (χ1) is 12.9. The van der Waals surface area contributed by atoms with Crippen molar-refractivity contribution in [1.82, 2.24) is 9.13 Å². The van der Waals surface area contributed by atoms with Crippen LogP contribution in [0, 0.1) is 0 Å². The summed E-state index contributed by atoms with van der Waals surface area (Å²) in [4.78, 5) is 38.3. The largest absolute Gasteiger partial charge is 0.443 e. The lowest BCUT2D eigenvalue weighted by atomic mass is 10.1. The lowest BCUT2D eigenvalue weighted by Gasteiger charge is -2.21. The average molecular weight is 384 g/mol. The summed E-state index contributed by atoms with van der Waals surface area (Å²) in [5.41, 5.74) is -0.992. The van der Waals surface area contributed by atoms with Gasteiger partial charge in [0.1, 0.15) is 11.2 Å². The minimum Gasteiger partial charge on any atom is -0.443 e. The second-order valence-electron chi connectivity index (χ2n) is 8.61. The second kappa shape index (κ2) is 6.51. The second-order valence-corrected chi connectivity index (χ2v) is 8.61. The zero-order chi connectivity index (χ0) is 20.9. The highest BCUT2D eigenvalue weighted by molar-refractivity contribution is 6.01. The minimum absolute atomic E-state index is 0.232. The van der Waals surface area contributed by atoms with Gasteiger partial charge in [-0.25, -0.2) is 14.2 Å². The molecular formula is C21H24N2O5. The van der Waals surface area contributed by atoms with Gasteiger partial charge >= 0.3 is 12.2 Å². The van der Waals surface area contributed by atoms with Gasteiger partial charge < -0.3 is 9.47 Å². The number of ether oxygens (including phenoxy) is 2. The van der Waals surface area contributed by atoms with Crippen LogP contribution in [0.1, 0.15) is 41.5 Å². The first-order valence-corrected chi connectivity index (χ1v) is 8.99. The highest BCUT2D eigenvalue weighted by atomic mass is 16.6. The standard InChI is InChI=1S/C21H24N2O5/c1-20(2,3)27-18(25)22-11-14-16(12-22)23(19(26)28-21(4,5)6)15-10-8-7-9-13(15)17(14)24/h7-12H,1-6H3. The van der Waals surface area contributed by atoms with Crippen molar-refractivity contribution in [1.29, 1.82) is 0 Å². The third-order valence-corrected chi connectivity index (χ3v) is 3.86. The maximum Gasteiger partial charge on any atom is 0.419 e. The van der Waals surface area contributed by atoms with Gasteiger partial charge in [-0.1, -0.05) is 12.1 Å². The summed E-state index contributed by atoms with van der Waals surface area (Å²) in [6.45, 7) is 10.5. The van der Waals surface area contributed by atoms with Crippen molar-refractivity contribution in [2.75, 3.05) is 0 Å². The molecule has 3 rings (SSSR count). The Morgan fingerprint density at radius 3 is 1.96 bits per heavy atom. The average Bonchev–Trinajstić information content (AvgIpc) is 2.97.